The quantitative estimate of drug-likeness (QED) is 0.721. The van der Waals surface area contributed by atoms with E-state index in [2.05, 4.69) is 37.1 Å². The first-order chi connectivity index (χ1) is 12.6. The van der Waals surface area contributed by atoms with Gasteiger partial charge in [-0.05, 0) is 56.4 Å². The normalized spacial score (nSPS) is 24.9. The standard InChI is InChI=1S/C20H23BrN4O/c1-12-17(6-8-18(23-12)13-3-2-4-15(21)9-13)20(26)24-16-5-7-19-14(10-16)11-22-25-19/h2-4,6,8-9,14,16,19,22,25H,5,7,10-11H2,1H3,(H,24,26). The van der Waals surface area contributed by atoms with Gasteiger partial charge in [0.1, 0.15) is 0 Å². The third-order valence-corrected chi connectivity index (χ3v) is 5.91. The highest BCUT2D eigenvalue weighted by molar-refractivity contribution is 9.10. The van der Waals surface area contributed by atoms with Gasteiger partial charge in [0.05, 0.1) is 17.0 Å². The van der Waals surface area contributed by atoms with Crippen LogP contribution in [0, 0.1) is 12.8 Å². The molecule has 0 bridgehead atoms. The van der Waals surface area contributed by atoms with Gasteiger partial charge in [-0.1, -0.05) is 28.1 Å². The third-order valence-electron chi connectivity index (χ3n) is 5.42. The molecule has 2 heterocycles. The van der Waals surface area contributed by atoms with E-state index in [1.165, 1.54) is 0 Å². The maximum Gasteiger partial charge on any atom is 0.253 e. The largest absolute Gasteiger partial charge is 0.349 e. The molecule has 0 spiro atoms. The van der Waals surface area contributed by atoms with Crippen molar-refractivity contribution in [2.24, 2.45) is 5.92 Å². The van der Waals surface area contributed by atoms with Crippen LogP contribution in [0.3, 0.4) is 0 Å². The molecule has 136 valence electrons. The summed E-state index contributed by atoms with van der Waals surface area (Å²) in [6.45, 7) is 2.89. The Labute approximate surface area is 162 Å². The van der Waals surface area contributed by atoms with Crippen molar-refractivity contribution in [3.8, 4) is 11.3 Å². The molecule has 0 radical (unpaired) electrons. The molecule has 4 rings (SSSR count). The van der Waals surface area contributed by atoms with E-state index in [1.54, 1.807) is 0 Å². The summed E-state index contributed by atoms with van der Waals surface area (Å²) in [5.74, 6) is 0.588. The smallest absolute Gasteiger partial charge is 0.253 e. The molecule has 1 amide bonds. The van der Waals surface area contributed by atoms with Crippen LogP contribution in [0.1, 0.15) is 35.3 Å². The number of hydrogen-bond acceptors (Lipinski definition) is 4. The Morgan fingerprint density at radius 1 is 1.27 bits per heavy atom. The molecule has 5 nitrogen and oxygen atoms in total. The van der Waals surface area contributed by atoms with Crippen LogP contribution in [0.5, 0.6) is 0 Å². The third kappa shape index (κ3) is 3.68. The molecule has 1 aliphatic carbocycles. The predicted octanol–water partition coefficient (Wildman–Crippen LogP) is 3.19. The SMILES string of the molecule is Cc1nc(-c2cccc(Br)c2)ccc1C(=O)NC1CCC2NNCC2C1. The second-order valence-corrected chi connectivity index (χ2v) is 8.13. The zero-order chi connectivity index (χ0) is 18.1. The van der Waals surface area contributed by atoms with Gasteiger partial charge in [0.15, 0.2) is 0 Å². The van der Waals surface area contributed by atoms with E-state index < -0.39 is 0 Å². The van der Waals surface area contributed by atoms with Gasteiger partial charge in [0.2, 0.25) is 0 Å². The minimum Gasteiger partial charge on any atom is -0.349 e. The number of benzene rings is 1. The number of fused-ring (bicyclic) bond motifs is 1. The fourth-order valence-corrected chi connectivity index (χ4v) is 4.40. The molecule has 3 N–H and O–H groups in total. The number of halogens is 1. The van der Waals surface area contributed by atoms with Crippen LogP contribution in [0.2, 0.25) is 0 Å². The molecular formula is C20H23BrN4O. The summed E-state index contributed by atoms with van der Waals surface area (Å²) in [5.41, 5.74) is 9.89. The fraction of sp³-hybridized carbons (Fsp3) is 0.400. The number of nitrogens with one attached hydrogen (secondary N) is 3. The van der Waals surface area contributed by atoms with Gasteiger partial charge in [0, 0.05) is 28.7 Å². The molecule has 2 aromatic rings. The molecule has 26 heavy (non-hydrogen) atoms. The molecule has 2 fully saturated rings. The summed E-state index contributed by atoms with van der Waals surface area (Å²) in [6.07, 6.45) is 3.14. The topological polar surface area (TPSA) is 66.0 Å². The van der Waals surface area contributed by atoms with Gasteiger partial charge in [-0.25, -0.2) is 0 Å². The van der Waals surface area contributed by atoms with Crippen molar-refractivity contribution in [2.75, 3.05) is 6.54 Å². The van der Waals surface area contributed by atoms with Gasteiger partial charge >= 0.3 is 0 Å². The first-order valence-electron chi connectivity index (χ1n) is 9.13. The van der Waals surface area contributed by atoms with Gasteiger partial charge < -0.3 is 5.32 Å². The lowest BCUT2D eigenvalue weighted by molar-refractivity contribution is 0.0917. The number of pyridine rings is 1. The number of hydrogen-bond donors (Lipinski definition) is 3. The number of amides is 1. The maximum absolute atomic E-state index is 12.7. The van der Waals surface area contributed by atoms with E-state index >= 15 is 0 Å². The second kappa shape index (κ2) is 7.47. The van der Waals surface area contributed by atoms with Crippen LogP contribution in [0.25, 0.3) is 11.3 Å². The number of rotatable bonds is 3. The summed E-state index contributed by atoms with van der Waals surface area (Å²) >= 11 is 3.49. The zero-order valence-electron chi connectivity index (χ0n) is 14.8. The Bertz CT molecular complexity index is 825. The Morgan fingerprint density at radius 3 is 2.96 bits per heavy atom. The molecule has 1 aliphatic heterocycles. The van der Waals surface area contributed by atoms with E-state index in [9.17, 15) is 4.79 Å². The molecular weight excluding hydrogens is 392 g/mol. The Hall–Kier alpha value is -1.76. The van der Waals surface area contributed by atoms with Crippen LogP contribution in [-0.2, 0) is 0 Å². The molecule has 1 saturated heterocycles. The molecule has 3 atom stereocenters. The molecule has 1 aromatic heterocycles. The molecule has 6 heteroatoms. The lowest BCUT2D eigenvalue weighted by Gasteiger charge is -2.31. The van der Waals surface area contributed by atoms with Crippen LogP contribution < -0.4 is 16.2 Å². The number of nitrogens with zero attached hydrogens (tertiary/aromatic N) is 1. The molecule has 3 unspecified atom stereocenters. The second-order valence-electron chi connectivity index (χ2n) is 7.22. The van der Waals surface area contributed by atoms with Crippen molar-refractivity contribution in [3.63, 3.8) is 0 Å². The summed E-state index contributed by atoms with van der Waals surface area (Å²) in [4.78, 5) is 17.4. The fourth-order valence-electron chi connectivity index (χ4n) is 4.00. The lowest BCUT2D eigenvalue weighted by atomic mass is 9.83. The summed E-state index contributed by atoms with van der Waals surface area (Å²) in [5, 5.41) is 3.21. The van der Waals surface area contributed by atoms with Crippen molar-refractivity contribution in [1.29, 1.82) is 0 Å². The molecule has 2 aliphatic rings. The first kappa shape index (κ1) is 17.6. The summed E-state index contributed by atoms with van der Waals surface area (Å²) in [7, 11) is 0. The number of carbonyl (C=O) groups is 1. The average molecular weight is 415 g/mol. The Morgan fingerprint density at radius 2 is 2.15 bits per heavy atom. The van der Waals surface area contributed by atoms with E-state index in [0.29, 0.717) is 17.5 Å². The van der Waals surface area contributed by atoms with Crippen molar-refractivity contribution in [2.45, 2.75) is 38.3 Å². The summed E-state index contributed by atoms with van der Waals surface area (Å²) in [6, 6.07) is 12.6. The van der Waals surface area contributed by atoms with Crippen LogP contribution in [0.15, 0.2) is 40.9 Å². The molecule has 1 saturated carbocycles. The van der Waals surface area contributed by atoms with Crippen molar-refractivity contribution < 1.29 is 4.79 Å². The molecule has 1 aromatic carbocycles. The maximum atomic E-state index is 12.7. The monoisotopic (exact) mass is 414 g/mol. The number of aryl methyl sites for hydroxylation is 1. The van der Waals surface area contributed by atoms with E-state index in [1.807, 2.05) is 43.3 Å². The van der Waals surface area contributed by atoms with E-state index in [4.69, 9.17) is 0 Å². The van der Waals surface area contributed by atoms with E-state index in [-0.39, 0.29) is 11.9 Å². The highest BCUT2D eigenvalue weighted by Crippen LogP contribution is 2.27. The zero-order valence-corrected chi connectivity index (χ0v) is 16.3. The van der Waals surface area contributed by atoms with Gasteiger partial charge in [0.25, 0.3) is 5.91 Å². The predicted molar refractivity (Wildman–Crippen MR) is 106 cm³/mol. The number of hydrazine groups is 1. The first-order valence-corrected chi connectivity index (χ1v) is 9.92. The van der Waals surface area contributed by atoms with E-state index in [0.717, 1.165) is 47.2 Å². The highest BCUT2D eigenvalue weighted by Gasteiger charge is 2.34. The average Bonchev–Trinajstić information content (AvgIpc) is 3.09. The van der Waals surface area contributed by atoms with Crippen LogP contribution in [0.4, 0.5) is 0 Å². The van der Waals surface area contributed by atoms with Gasteiger partial charge in [-0.3, -0.25) is 20.6 Å². The number of carbonyl (C=O) groups excluding carboxylic acids is 1. The Kier molecular flexibility index (Phi) is 5.07. The van der Waals surface area contributed by atoms with Crippen molar-refractivity contribution in [1.82, 2.24) is 21.2 Å². The Balaban J connectivity index is 1.46. The van der Waals surface area contributed by atoms with Crippen LogP contribution in [-0.4, -0.2) is 29.5 Å². The van der Waals surface area contributed by atoms with Gasteiger partial charge in [-0.15, -0.1) is 0 Å². The van der Waals surface area contributed by atoms with Crippen molar-refractivity contribution >= 4 is 21.8 Å². The lowest BCUT2D eigenvalue weighted by Crippen LogP contribution is -2.44. The van der Waals surface area contributed by atoms with Gasteiger partial charge in [-0.2, -0.15) is 0 Å². The van der Waals surface area contributed by atoms with Crippen molar-refractivity contribution in [3.05, 3.63) is 52.1 Å². The summed E-state index contributed by atoms with van der Waals surface area (Å²) < 4.78 is 1.02. The number of aromatic nitrogens is 1. The van der Waals surface area contributed by atoms with Crippen LogP contribution >= 0.6 is 15.9 Å². The highest BCUT2D eigenvalue weighted by atomic mass is 79.9. The minimum atomic E-state index is -0.0156. The minimum absolute atomic E-state index is 0.0156.